The first kappa shape index (κ1) is 22.7. The molecule has 1 unspecified atom stereocenters. The number of amides is 1. The van der Waals surface area contributed by atoms with Crippen molar-refractivity contribution in [1.29, 1.82) is 0 Å². The Bertz CT molecular complexity index is 1330. The fourth-order valence-corrected chi connectivity index (χ4v) is 3.67. The molecule has 1 atom stereocenters. The molecule has 3 aromatic rings. The van der Waals surface area contributed by atoms with E-state index in [2.05, 4.69) is 5.32 Å². The first-order chi connectivity index (χ1) is 16.3. The van der Waals surface area contributed by atoms with E-state index in [1.807, 2.05) is 0 Å². The Hall–Kier alpha value is -4.46. The number of esters is 1. The maximum atomic E-state index is 12.9. The van der Waals surface area contributed by atoms with Crippen molar-refractivity contribution < 1.29 is 33.4 Å². The standard InChI is InChI=1S/C26H21NO7/c1-14(34-26(31)21-13-16(32-2)9-11-22(21)33-3)25(30)27-15-8-10-19-20(12-15)24(29)18-7-5-4-6-17(18)23(19)28/h4-14H,1-3H3,(H,27,30). The van der Waals surface area contributed by atoms with Crippen LogP contribution in [0.25, 0.3) is 0 Å². The van der Waals surface area contributed by atoms with E-state index in [0.29, 0.717) is 22.6 Å². The van der Waals surface area contributed by atoms with Gasteiger partial charge in [-0.15, -0.1) is 0 Å². The number of carbonyl (C=O) groups is 4. The number of fused-ring (bicyclic) bond motifs is 2. The van der Waals surface area contributed by atoms with Gasteiger partial charge in [-0.05, 0) is 43.3 Å². The van der Waals surface area contributed by atoms with Crippen LogP contribution in [0.5, 0.6) is 11.5 Å². The lowest BCUT2D eigenvalue weighted by atomic mass is 9.84. The average molecular weight is 459 g/mol. The van der Waals surface area contributed by atoms with Gasteiger partial charge in [0.05, 0.1) is 14.2 Å². The van der Waals surface area contributed by atoms with Gasteiger partial charge in [-0.2, -0.15) is 0 Å². The number of benzene rings is 3. The molecule has 8 nitrogen and oxygen atoms in total. The third kappa shape index (κ3) is 4.13. The fraction of sp³-hybridized carbons (Fsp3) is 0.154. The molecule has 0 saturated heterocycles. The van der Waals surface area contributed by atoms with Gasteiger partial charge in [0.15, 0.2) is 17.7 Å². The van der Waals surface area contributed by atoms with E-state index in [4.69, 9.17) is 14.2 Å². The van der Waals surface area contributed by atoms with E-state index in [-0.39, 0.29) is 34.0 Å². The maximum Gasteiger partial charge on any atom is 0.342 e. The third-order valence-electron chi connectivity index (χ3n) is 5.47. The highest BCUT2D eigenvalue weighted by atomic mass is 16.5. The summed E-state index contributed by atoms with van der Waals surface area (Å²) >= 11 is 0. The van der Waals surface area contributed by atoms with E-state index >= 15 is 0 Å². The molecule has 8 heteroatoms. The molecule has 0 spiro atoms. The minimum Gasteiger partial charge on any atom is -0.497 e. The Kier molecular flexibility index (Phi) is 6.14. The third-order valence-corrected chi connectivity index (χ3v) is 5.47. The SMILES string of the molecule is COc1ccc(OC)c(C(=O)OC(C)C(=O)Nc2ccc3c(c2)C(=O)c2ccccc2C3=O)c1. The van der Waals surface area contributed by atoms with Gasteiger partial charge in [-0.3, -0.25) is 14.4 Å². The van der Waals surface area contributed by atoms with Crippen molar-refractivity contribution in [2.45, 2.75) is 13.0 Å². The molecule has 0 bridgehead atoms. The van der Waals surface area contributed by atoms with Gasteiger partial charge >= 0.3 is 5.97 Å². The predicted octanol–water partition coefficient (Wildman–Crippen LogP) is 3.66. The first-order valence-corrected chi connectivity index (χ1v) is 10.4. The van der Waals surface area contributed by atoms with Crippen LogP contribution in [-0.4, -0.2) is 43.8 Å². The maximum absolute atomic E-state index is 12.9. The average Bonchev–Trinajstić information content (AvgIpc) is 2.86. The molecule has 34 heavy (non-hydrogen) atoms. The van der Waals surface area contributed by atoms with E-state index in [1.54, 1.807) is 36.4 Å². The van der Waals surface area contributed by atoms with Crippen LogP contribution in [0.2, 0.25) is 0 Å². The zero-order valence-corrected chi connectivity index (χ0v) is 18.7. The molecule has 1 N–H and O–H groups in total. The number of methoxy groups -OCH3 is 2. The van der Waals surface area contributed by atoms with Crippen LogP contribution < -0.4 is 14.8 Å². The second kappa shape index (κ2) is 9.19. The van der Waals surface area contributed by atoms with E-state index < -0.39 is 18.0 Å². The normalized spacial score (nSPS) is 12.8. The number of hydrogen-bond donors (Lipinski definition) is 1. The lowest BCUT2D eigenvalue weighted by Gasteiger charge is -2.19. The Balaban J connectivity index is 1.50. The number of ether oxygens (including phenoxy) is 3. The van der Waals surface area contributed by atoms with Crippen molar-refractivity contribution in [3.8, 4) is 11.5 Å². The summed E-state index contributed by atoms with van der Waals surface area (Å²) in [5, 5.41) is 2.62. The molecule has 0 heterocycles. The van der Waals surface area contributed by atoms with Gasteiger partial charge in [-0.25, -0.2) is 4.79 Å². The number of anilines is 1. The van der Waals surface area contributed by atoms with Crippen molar-refractivity contribution in [3.63, 3.8) is 0 Å². The van der Waals surface area contributed by atoms with Gasteiger partial charge in [0.25, 0.3) is 5.91 Å². The molecule has 0 saturated carbocycles. The summed E-state index contributed by atoms with van der Waals surface area (Å²) < 4.78 is 15.6. The highest BCUT2D eigenvalue weighted by Gasteiger charge is 2.30. The number of carbonyl (C=O) groups excluding carboxylic acids is 4. The second-order valence-electron chi connectivity index (χ2n) is 7.57. The Labute approximate surface area is 195 Å². The predicted molar refractivity (Wildman–Crippen MR) is 123 cm³/mol. The van der Waals surface area contributed by atoms with E-state index in [0.717, 1.165) is 0 Å². The summed E-state index contributed by atoms with van der Waals surface area (Å²) in [7, 11) is 2.87. The molecule has 1 amide bonds. The lowest BCUT2D eigenvalue weighted by molar-refractivity contribution is -0.123. The van der Waals surface area contributed by atoms with Crippen molar-refractivity contribution in [2.75, 3.05) is 19.5 Å². The molecule has 1 aliphatic carbocycles. The number of nitrogens with one attached hydrogen (secondary N) is 1. The number of hydrogen-bond acceptors (Lipinski definition) is 7. The first-order valence-electron chi connectivity index (χ1n) is 10.4. The molecule has 172 valence electrons. The summed E-state index contributed by atoms with van der Waals surface area (Å²) in [5.41, 5.74) is 1.55. The van der Waals surface area contributed by atoms with Gasteiger partial charge < -0.3 is 19.5 Å². The van der Waals surface area contributed by atoms with Gasteiger partial charge in [0, 0.05) is 27.9 Å². The molecular formula is C26H21NO7. The Morgan fingerprint density at radius 1 is 0.794 bits per heavy atom. The molecule has 4 rings (SSSR count). The molecular weight excluding hydrogens is 438 g/mol. The largest absolute Gasteiger partial charge is 0.497 e. The molecule has 0 aromatic heterocycles. The monoisotopic (exact) mass is 459 g/mol. The van der Waals surface area contributed by atoms with Crippen LogP contribution in [0, 0.1) is 0 Å². The second-order valence-corrected chi connectivity index (χ2v) is 7.57. The zero-order valence-electron chi connectivity index (χ0n) is 18.7. The molecule has 3 aromatic carbocycles. The summed E-state index contributed by atoms with van der Waals surface area (Å²) in [5.74, 6) is -1.22. The van der Waals surface area contributed by atoms with Crippen molar-refractivity contribution >= 4 is 29.1 Å². The molecule has 1 aliphatic rings. The summed E-state index contributed by atoms with van der Waals surface area (Å²) in [6.07, 6.45) is -1.16. The summed E-state index contributed by atoms with van der Waals surface area (Å²) in [6.45, 7) is 1.42. The zero-order chi connectivity index (χ0) is 24.4. The number of ketones is 2. The van der Waals surface area contributed by atoms with Crippen LogP contribution in [0.1, 0.15) is 49.1 Å². The summed E-state index contributed by atoms with van der Waals surface area (Å²) in [6, 6.07) is 15.7. The number of rotatable bonds is 6. The van der Waals surface area contributed by atoms with Crippen LogP contribution in [-0.2, 0) is 9.53 Å². The molecule has 0 fully saturated rings. The smallest absolute Gasteiger partial charge is 0.342 e. The van der Waals surface area contributed by atoms with Crippen LogP contribution >= 0.6 is 0 Å². The van der Waals surface area contributed by atoms with Crippen LogP contribution in [0.3, 0.4) is 0 Å². The minimum absolute atomic E-state index is 0.109. The lowest BCUT2D eigenvalue weighted by Crippen LogP contribution is -2.30. The Morgan fingerprint density at radius 3 is 2.09 bits per heavy atom. The minimum atomic E-state index is -1.16. The molecule has 0 aliphatic heterocycles. The topological polar surface area (TPSA) is 108 Å². The fourth-order valence-electron chi connectivity index (χ4n) is 3.67. The van der Waals surface area contributed by atoms with E-state index in [1.165, 1.54) is 45.4 Å². The highest BCUT2D eigenvalue weighted by molar-refractivity contribution is 6.28. The van der Waals surface area contributed by atoms with Crippen LogP contribution in [0.4, 0.5) is 5.69 Å². The highest BCUT2D eigenvalue weighted by Crippen LogP contribution is 2.29. The van der Waals surface area contributed by atoms with E-state index in [9.17, 15) is 19.2 Å². The van der Waals surface area contributed by atoms with Crippen molar-refractivity contribution in [3.05, 3.63) is 88.5 Å². The van der Waals surface area contributed by atoms with Gasteiger partial charge in [-0.1, -0.05) is 24.3 Å². The van der Waals surface area contributed by atoms with Crippen LogP contribution in [0.15, 0.2) is 60.7 Å². The summed E-state index contributed by atoms with van der Waals surface area (Å²) in [4.78, 5) is 50.9. The van der Waals surface area contributed by atoms with Crippen molar-refractivity contribution in [1.82, 2.24) is 0 Å². The molecule has 0 radical (unpaired) electrons. The van der Waals surface area contributed by atoms with Crippen molar-refractivity contribution in [2.24, 2.45) is 0 Å². The van der Waals surface area contributed by atoms with Gasteiger partial charge in [0.1, 0.15) is 17.1 Å². The van der Waals surface area contributed by atoms with Gasteiger partial charge in [0.2, 0.25) is 0 Å². The quantitative estimate of drug-likeness (QED) is 0.438. The Morgan fingerprint density at radius 2 is 1.44 bits per heavy atom.